The van der Waals surface area contributed by atoms with Crippen molar-refractivity contribution in [2.24, 2.45) is 0 Å². The van der Waals surface area contributed by atoms with Gasteiger partial charge >= 0.3 is 0 Å². The Hall–Kier alpha value is -1.48. The van der Waals surface area contributed by atoms with Gasteiger partial charge in [0.05, 0.1) is 13.7 Å². The zero-order valence-corrected chi connectivity index (χ0v) is 12.2. The second-order valence-corrected chi connectivity index (χ2v) is 5.58. The van der Waals surface area contributed by atoms with Crippen molar-refractivity contribution >= 4 is 11.0 Å². The van der Waals surface area contributed by atoms with Crippen LogP contribution in [0.15, 0.2) is 28.7 Å². The highest BCUT2D eigenvalue weighted by Gasteiger charge is 2.16. The van der Waals surface area contributed by atoms with Crippen molar-refractivity contribution < 1.29 is 9.15 Å². The molecule has 0 aliphatic rings. The van der Waals surface area contributed by atoms with Gasteiger partial charge in [-0.15, -0.1) is 0 Å². The summed E-state index contributed by atoms with van der Waals surface area (Å²) in [5.74, 6) is 1.74. The molecule has 0 amide bonds. The number of ether oxygens (including phenoxy) is 1. The number of fused-ring (bicyclic) bond motifs is 1. The number of hydrogen-bond donors (Lipinski definition) is 1. The Balaban J connectivity index is 2.14. The number of furan rings is 1. The fraction of sp³-hybridized carbons (Fsp3) is 0.500. The molecule has 0 atom stereocenters. The van der Waals surface area contributed by atoms with Gasteiger partial charge in [0, 0.05) is 10.9 Å². The maximum atomic E-state index is 5.88. The number of rotatable bonds is 6. The van der Waals surface area contributed by atoms with Crippen LogP contribution in [0.2, 0.25) is 0 Å². The van der Waals surface area contributed by atoms with Gasteiger partial charge < -0.3 is 14.5 Å². The molecule has 3 nitrogen and oxygen atoms in total. The van der Waals surface area contributed by atoms with Gasteiger partial charge in [-0.25, -0.2) is 0 Å². The van der Waals surface area contributed by atoms with Crippen molar-refractivity contribution in [2.75, 3.05) is 7.11 Å². The maximum absolute atomic E-state index is 5.88. The molecule has 1 heterocycles. The number of benzene rings is 1. The summed E-state index contributed by atoms with van der Waals surface area (Å²) in [6, 6.07) is 8.02. The molecule has 0 saturated carbocycles. The average Bonchev–Trinajstić information content (AvgIpc) is 2.79. The van der Waals surface area contributed by atoms with Gasteiger partial charge in [0.2, 0.25) is 0 Å². The molecule has 1 aromatic heterocycles. The Morgan fingerprint density at radius 1 is 1.32 bits per heavy atom. The molecule has 0 spiro atoms. The lowest BCUT2D eigenvalue weighted by Gasteiger charge is -2.25. The molecule has 0 fully saturated rings. The van der Waals surface area contributed by atoms with Gasteiger partial charge in [0.15, 0.2) is 11.3 Å². The molecule has 104 valence electrons. The first-order valence-corrected chi connectivity index (χ1v) is 6.86. The smallest absolute Gasteiger partial charge is 0.176 e. The first-order chi connectivity index (χ1) is 9.05. The molecule has 2 rings (SSSR count). The van der Waals surface area contributed by atoms with Crippen molar-refractivity contribution in [2.45, 2.75) is 45.7 Å². The Bertz CT molecular complexity index is 543. The second kappa shape index (κ2) is 5.66. The number of para-hydroxylation sites is 1. The number of methoxy groups -OCH3 is 1. The zero-order chi connectivity index (χ0) is 13.9. The van der Waals surface area contributed by atoms with E-state index in [1.54, 1.807) is 7.11 Å². The van der Waals surface area contributed by atoms with Crippen LogP contribution in [-0.4, -0.2) is 12.6 Å². The normalized spacial score (nSPS) is 12.0. The van der Waals surface area contributed by atoms with Crippen LogP contribution in [0.5, 0.6) is 5.75 Å². The van der Waals surface area contributed by atoms with Crippen molar-refractivity contribution in [3.63, 3.8) is 0 Å². The zero-order valence-electron chi connectivity index (χ0n) is 12.2. The minimum atomic E-state index is 0.137. The summed E-state index contributed by atoms with van der Waals surface area (Å²) >= 11 is 0. The Labute approximate surface area is 114 Å². The monoisotopic (exact) mass is 261 g/mol. The summed E-state index contributed by atoms with van der Waals surface area (Å²) in [5, 5.41) is 4.63. The topological polar surface area (TPSA) is 34.4 Å². The van der Waals surface area contributed by atoms with Gasteiger partial charge in [0.1, 0.15) is 5.76 Å². The van der Waals surface area contributed by atoms with E-state index < -0.39 is 0 Å². The minimum Gasteiger partial charge on any atom is -0.493 e. The predicted molar refractivity (Wildman–Crippen MR) is 78.6 cm³/mol. The van der Waals surface area contributed by atoms with Gasteiger partial charge in [-0.05, 0) is 32.4 Å². The molecular weight excluding hydrogens is 238 g/mol. The summed E-state index contributed by atoms with van der Waals surface area (Å²) < 4.78 is 11.2. The SMILES string of the molecule is CCCC(C)(C)NCc1cc2cccc(OC)c2o1. The molecule has 1 aromatic carbocycles. The van der Waals surface area contributed by atoms with E-state index in [1.165, 1.54) is 6.42 Å². The molecule has 19 heavy (non-hydrogen) atoms. The summed E-state index contributed by atoms with van der Waals surface area (Å²) in [5.41, 5.74) is 0.966. The van der Waals surface area contributed by atoms with E-state index in [9.17, 15) is 0 Å². The lowest BCUT2D eigenvalue weighted by atomic mass is 9.99. The third-order valence-electron chi connectivity index (χ3n) is 3.40. The van der Waals surface area contributed by atoms with Gasteiger partial charge in [-0.3, -0.25) is 0 Å². The third kappa shape index (κ3) is 3.29. The molecule has 0 unspecified atom stereocenters. The minimum absolute atomic E-state index is 0.137. The lowest BCUT2D eigenvalue weighted by Crippen LogP contribution is -2.38. The van der Waals surface area contributed by atoms with Crippen LogP contribution < -0.4 is 10.1 Å². The van der Waals surface area contributed by atoms with Crippen molar-refractivity contribution in [1.82, 2.24) is 5.32 Å². The van der Waals surface area contributed by atoms with Crippen molar-refractivity contribution in [3.8, 4) is 5.75 Å². The molecule has 0 saturated heterocycles. The van der Waals surface area contributed by atoms with Crippen LogP contribution in [0.25, 0.3) is 11.0 Å². The summed E-state index contributed by atoms with van der Waals surface area (Å²) in [4.78, 5) is 0. The molecular formula is C16H23NO2. The van der Waals surface area contributed by atoms with Crippen LogP contribution in [0.4, 0.5) is 0 Å². The summed E-state index contributed by atoms with van der Waals surface area (Å²) in [7, 11) is 1.67. The molecule has 2 aromatic rings. The van der Waals surface area contributed by atoms with Crippen molar-refractivity contribution in [3.05, 3.63) is 30.0 Å². The summed E-state index contributed by atoms with van der Waals surface area (Å²) in [6.45, 7) is 7.39. The van der Waals surface area contributed by atoms with Crippen LogP contribution in [0, 0.1) is 0 Å². The van der Waals surface area contributed by atoms with E-state index in [1.807, 2.05) is 18.2 Å². The molecule has 0 radical (unpaired) electrons. The Morgan fingerprint density at radius 2 is 2.11 bits per heavy atom. The highest BCUT2D eigenvalue weighted by atomic mass is 16.5. The van der Waals surface area contributed by atoms with Gasteiger partial charge in [-0.1, -0.05) is 25.5 Å². The van der Waals surface area contributed by atoms with Crippen LogP contribution in [-0.2, 0) is 6.54 Å². The predicted octanol–water partition coefficient (Wildman–Crippen LogP) is 4.11. The number of hydrogen-bond acceptors (Lipinski definition) is 3. The highest BCUT2D eigenvalue weighted by molar-refractivity contribution is 5.83. The van der Waals surface area contributed by atoms with Gasteiger partial charge in [0.25, 0.3) is 0 Å². The van der Waals surface area contributed by atoms with Crippen LogP contribution in [0.1, 0.15) is 39.4 Å². The Morgan fingerprint density at radius 3 is 2.79 bits per heavy atom. The van der Waals surface area contributed by atoms with E-state index in [4.69, 9.17) is 9.15 Å². The van der Waals surface area contributed by atoms with E-state index in [0.29, 0.717) is 0 Å². The largest absolute Gasteiger partial charge is 0.493 e. The first kappa shape index (κ1) is 13.9. The maximum Gasteiger partial charge on any atom is 0.176 e. The van der Waals surface area contributed by atoms with Gasteiger partial charge in [-0.2, -0.15) is 0 Å². The van der Waals surface area contributed by atoms with E-state index in [0.717, 1.165) is 35.4 Å². The molecule has 0 aliphatic carbocycles. The van der Waals surface area contributed by atoms with Crippen molar-refractivity contribution in [1.29, 1.82) is 0 Å². The van der Waals surface area contributed by atoms with E-state index >= 15 is 0 Å². The Kier molecular flexibility index (Phi) is 4.15. The molecule has 1 N–H and O–H groups in total. The van der Waals surface area contributed by atoms with E-state index in [-0.39, 0.29) is 5.54 Å². The highest BCUT2D eigenvalue weighted by Crippen LogP contribution is 2.28. The fourth-order valence-corrected chi connectivity index (χ4v) is 2.38. The lowest BCUT2D eigenvalue weighted by molar-refractivity contribution is 0.339. The number of nitrogens with one attached hydrogen (secondary N) is 1. The third-order valence-corrected chi connectivity index (χ3v) is 3.40. The first-order valence-electron chi connectivity index (χ1n) is 6.86. The standard InChI is InChI=1S/C16H23NO2/c1-5-9-16(2,3)17-11-13-10-12-7-6-8-14(18-4)15(12)19-13/h6-8,10,17H,5,9,11H2,1-4H3. The van der Waals surface area contributed by atoms with Crippen LogP contribution in [0.3, 0.4) is 0 Å². The van der Waals surface area contributed by atoms with E-state index in [2.05, 4.69) is 32.2 Å². The average molecular weight is 261 g/mol. The molecule has 3 heteroatoms. The molecule has 0 aliphatic heterocycles. The second-order valence-electron chi connectivity index (χ2n) is 5.58. The quantitative estimate of drug-likeness (QED) is 0.849. The van der Waals surface area contributed by atoms with Crippen LogP contribution >= 0.6 is 0 Å². The fourth-order valence-electron chi connectivity index (χ4n) is 2.38. The summed E-state index contributed by atoms with van der Waals surface area (Å²) in [6.07, 6.45) is 2.32. The molecule has 0 bridgehead atoms.